The van der Waals surface area contributed by atoms with Gasteiger partial charge < -0.3 is 14.7 Å². The van der Waals surface area contributed by atoms with E-state index in [1.807, 2.05) is 0 Å². The minimum atomic E-state index is -0.347. The number of rotatable bonds is 0. The number of hydrogen-bond acceptors (Lipinski definition) is 4. The molecular weight excluding hydrogens is 194 g/mol. The van der Waals surface area contributed by atoms with Crippen LogP contribution in [0.25, 0.3) is 11.0 Å². The SMILES string of the molecule is Cc1noc2cc(O)c(O)c(Cl)c12. The zero-order valence-electron chi connectivity index (χ0n) is 6.71. The summed E-state index contributed by atoms with van der Waals surface area (Å²) in [7, 11) is 0. The van der Waals surface area contributed by atoms with Crippen LogP contribution in [0.15, 0.2) is 10.6 Å². The summed E-state index contributed by atoms with van der Waals surface area (Å²) < 4.78 is 4.86. The van der Waals surface area contributed by atoms with Crippen molar-refractivity contribution in [3.63, 3.8) is 0 Å². The van der Waals surface area contributed by atoms with Crippen LogP contribution < -0.4 is 0 Å². The molecule has 0 bridgehead atoms. The summed E-state index contributed by atoms with van der Waals surface area (Å²) in [5, 5.41) is 22.7. The summed E-state index contributed by atoms with van der Waals surface area (Å²) in [6, 6.07) is 1.27. The van der Waals surface area contributed by atoms with Crippen LogP contribution in [-0.2, 0) is 0 Å². The molecule has 0 aliphatic heterocycles. The summed E-state index contributed by atoms with van der Waals surface area (Å²) in [6.07, 6.45) is 0. The molecule has 0 aliphatic rings. The molecule has 0 saturated heterocycles. The molecule has 2 N–H and O–H groups in total. The Morgan fingerprint density at radius 1 is 1.46 bits per heavy atom. The first-order valence-corrected chi connectivity index (χ1v) is 3.95. The molecule has 2 rings (SSSR count). The summed E-state index contributed by atoms with van der Waals surface area (Å²) in [4.78, 5) is 0. The highest BCUT2D eigenvalue weighted by atomic mass is 35.5. The first kappa shape index (κ1) is 8.19. The number of fused-ring (bicyclic) bond motifs is 1. The second-order valence-corrected chi connectivity index (χ2v) is 3.08. The lowest BCUT2D eigenvalue weighted by molar-refractivity contribution is 0.402. The lowest BCUT2D eigenvalue weighted by Gasteiger charge is -1.99. The van der Waals surface area contributed by atoms with Crippen LogP contribution >= 0.6 is 11.6 Å². The van der Waals surface area contributed by atoms with Crippen molar-refractivity contribution < 1.29 is 14.7 Å². The van der Waals surface area contributed by atoms with Crippen molar-refractivity contribution >= 4 is 22.6 Å². The van der Waals surface area contributed by atoms with Crippen molar-refractivity contribution in [2.75, 3.05) is 0 Å². The number of aryl methyl sites for hydroxylation is 1. The molecule has 13 heavy (non-hydrogen) atoms. The fourth-order valence-electron chi connectivity index (χ4n) is 1.18. The van der Waals surface area contributed by atoms with Crippen LogP contribution in [-0.4, -0.2) is 15.4 Å². The van der Waals surface area contributed by atoms with Crippen LogP contribution in [0.2, 0.25) is 5.02 Å². The van der Waals surface area contributed by atoms with E-state index in [2.05, 4.69) is 5.16 Å². The highest BCUT2D eigenvalue weighted by Gasteiger charge is 2.15. The van der Waals surface area contributed by atoms with Gasteiger partial charge >= 0.3 is 0 Å². The van der Waals surface area contributed by atoms with Gasteiger partial charge in [0.1, 0.15) is 0 Å². The van der Waals surface area contributed by atoms with E-state index in [1.54, 1.807) is 6.92 Å². The zero-order valence-corrected chi connectivity index (χ0v) is 7.46. The fraction of sp³-hybridized carbons (Fsp3) is 0.125. The monoisotopic (exact) mass is 199 g/mol. The van der Waals surface area contributed by atoms with E-state index in [9.17, 15) is 10.2 Å². The van der Waals surface area contributed by atoms with Gasteiger partial charge in [0, 0.05) is 6.07 Å². The molecule has 1 aromatic carbocycles. The van der Waals surface area contributed by atoms with Gasteiger partial charge in [0.2, 0.25) is 0 Å². The van der Waals surface area contributed by atoms with Crippen molar-refractivity contribution in [3.05, 3.63) is 16.8 Å². The Balaban J connectivity index is 2.97. The molecule has 0 fully saturated rings. The van der Waals surface area contributed by atoms with E-state index >= 15 is 0 Å². The lowest BCUT2D eigenvalue weighted by Crippen LogP contribution is -1.75. The van der Waals surface area contributed by atoms with E-state index in [0.29, 0.717) is 16.7 Å². The Labute approximate surface area is 78.3 Å². The molecule has 1 aromatic heterocycles. The standard InChI is InChI=1S/C8H6ClNO3/c1-3-6-5(13-10-3)2-4(11)8(12)7(6)9/h2,11-12H,1H3. The van der Waals surface area contributed by atoms with E-state index in [1.165, 1.54) is 6.07 Å². The Hall–Kier alpha value is -1.42. The van der Waals surface area contributed by atoms with Gasteiger partial charge in [0.25, 0.3) is 0 Å². The van der Waals surface area contributed by atoms with E-state index in [0.717, 1.165) is 0 Å². The van der Waals surface area contributed by atoms with Gasteiger partial charge in [-0.2, -0.15) is 0 Å². The number of phenolic OH excluding ortho intramolecular Hbond substituents is 2. The Morgan fingerprint density at radius 2 is 2.15 bits per heavy atom. The third-order valence-electron chi connectivity index (χ3n) is 1.83. The third-order valence-corrected chi connectivity index (χ3v) is 2.19. The van der Waals surface area contributed by atoms with E-state index in [-0.39, 0.29) is 16.5 Å². The first-order valence-electron chi connectivity index (χ1n) is 3.57. The van der Waals surface area contributed by atoms with Gasteiger partial charge in [-0.05, 0) is 6.92 Å². The molecule has 0 radical (unpaired) electrons. The van der Waals surface area contributed by atoms with Gasteiger partial charge in [-0.3, -0.25) is 0 Å². The molecule has 4 nitrogen and oxygen atoms in total. The van der Waals surface area contributed by atoms with Gasteiger partial charge in [-0.1, -0.05) is 16.8 Å². The summed E-state index contributed by atoms with van der Waals surface area (Å²) in [6.45, 7) is 1.70. The molecule has 0 atom stereocenters. The van der Waals surface area contributed by atoms with Gasteiger partial charge in [0.15, 0.2) is 17.1 Å². The van der Waals surface area contributed by atoms with Crippen LogP contribution in [0.3, 0.4) is 0 Å². The Kier molecular flexibility index (Phi) is 1.60. The van der Waals surface area contributed by atoms with Crippen molar-refractivity contribution in [1.82, 2.24) is 5.16 Å². The van der Waals surface area contributed by atoms with Crippen molar-refractivity contribution in [1.29, 1.82) is 0 Å². The van der Waals surface area contributed by atoms with Crippen molar-refractivity contribution in [2.45, 2.75) is 6.92 Å². The maximum Gasteiger partial charge on any atom is 0.177 e. The minimum absolute atomic E-state index is 0.0637. The van der Waals surface area contributed by atoms with Crippen LogP contribution in [0.5, 0.6) is 11.5 Å². The van der Waals surface area contributed by atoms with Crippen molar-refractivity contribution in [3.8, 4) is 11.5 Å². The summed E-state index contributed by atoms with van der Waals surface area (Å²) in [5.74, 6) is -0.658. The predicted molar refractivity (Wildman–Crippen MR) is 47.1 cm³/mol. The fourth-order valence-corrected chi connectivity index (χ4v) is 1.50. The zero-order chi connectivity index (χ0) is 9.59. The predicted octanol–water partition coefficient (Wildman–Crippen LogP) is 2.20. The second-order valence-electron chi connectivity index (χ2n) is 2.70. The normalized spacial score (nSPS) is 10.9. The molecule has 0 amide bonds. The molecule has 0 saturated carbocycles. The molecule has 1 heterocycles. The van der Waals surface area contributed by atoms with Crippen molar-refractivity contribution in [2.24, 2.45) is 0 Å². The van der Waals surface area contributed by atoms with E-state index in [4.69, 9.17) is 16.1 Å². The second kappa shape index (κ2) is 2.53. The quantitative estimate of drug-likeness (QED) is 0.639. The Bertz CT molecular complexity index is 478. The van der Waals surface area contributed by atoms with Gasteiger partial charge in [-0.15, -0.1) is 0 Å². The molecule has 0 spiro atoms. The molecule has 5 heteroatoms. The topological polar surface area (TPSA) is 66.5 Å². The number of phenols is 2. The summed E-state index contributed by atoms with van der Waals surface area (Å²) >= 11 is 5.77. The molecule has 0 unspecified atom stereocenters. The largest absolute Gasteiger partial charge is 0.504 e. The van der Waals surface area contributed by atoms with Crippen LogP contribution in [0.1, 0.15) is 5.69 Å². The minimum Gasteiger partial charge on any atom is -0.504 e. The highest BCUT2D eigenvalue weighted by molar-refractivity contribution is 6.37. The van der Waals surface area contributed by atoms with Gasteiger partial charge in [-0.25, -0.2) is 0 Å². The van der Waals surface area contributed by atoms with E-state index < -0.39 is 0 Å². The number of aromatic nitrogens is 1. The van der Waals surface area contributed by atoms with Crippen LogP contribution in [0.4, 0.5) is 0 Å². The number of halogens is 1. The average Bonchev–Trinajstić information content (AvgIpc) is 2.43. The first-order chi connectivity index (χ1) is 6.11. The van der Waals surface area contributed by atoms with Crippen LogP contribution in [0, 0.1) is 6.92 Å². The number of benzene rings is 1. The molecule has 2 aromatic rings. The molecular formula is C8H6ClNO3. The Morgan fingerprint density at radius 3 is 2.85 bits per heavy atom. The molecule has 68 valence electrons. The smallest absolute Gasteiger partial charge is 0.177 e. The number of hydrogen-bond donors (Lipinski definition) is 2. The lowest BCUT2D eigenvalue weighted by atomic mass is 10.2. The van der Waals surface area contributed by atoms with Gasteiger partial charge in [0.05, 0.1) is 16.1 Å². The highest BCUT2D eigenvalue weighted by Crippen LogP contribution is 2.40. The maximum atomic E-state index is 9.30. The molecule has 0 aliphatic carbocycles. The average molecular weight is 200 g/mol. The number of nitrogens with zero attached hydrogens (tertiary/aromatic N) is 1. The number of aromatic hydroxyl groups is 2. The summed E-state index contributed by atoms with van der Waals surface area (Å²) in [5.41, 5.74) is 0.938. The third kappa shape index (κ3) is 1.02. The maximum absolute atomic E-state index is 9.30.